The van der Waals surface area contributed by atoms with Crippen LogP contribution in [0.4, 0.5) is 0 Å². The summed E-state index contributed by atoms with van der Waals surface area (Å²) in [5.41, 5.74) is 8.80. The Kier molecular flexibility index (Phi) is 3.80. The highest BCUT2D eigenvalue weighted by Gasteiger charge is 2.13. The number of halogens is 2. The fourth-order valence-corrected chi connectivity index (χ4v) is 2.18. The number of aromatic nitrogens is 3. The summed E-state index contributed by atoms with van der Waals surface area (Å²) in [5.74, 6) is 0.490. The molecule has 0 radical (unpaired) electrons. The van der Waals surface area contributed by atoms with Crippen LogP contribution in [0.15, 0.2) is 12.3 Å². The van der Waals surface area contributed by atoms with Gasteiger partial charge >= 0.3 is 0 Å². The summed E-state index contributed by atoms with van der Waals surface area (Å²) in [4.78, 5) is 12.9. The number of hydrogen-bond donors (Lipinski definition) is 1. The second-order valence-electron chi connectivity index (χ2n) is 3.88. The summed E-state index contributed by atoms with van der Waals surface area (Å²) in [5, 5.41) is 0.914. The lowest BCUT2D eigenvalue weighted by Gasteiger charge is -2.09. The molecule has 0 aliphatic carbocycles. The third kappa shape index (κ3) is 2.46. The highest BCUT2D eigenvalue weighted by Crippen LogP contribution is 2.26. The standard InChI is InChI=1S/C12H12Cl2N4/c1-6-9(4-15)7(2)18-12(17-6)11-10(14)3-8(13)5-16-11/h3,5H,4,15H2,1-2H3. The van der Waals surface area contributed by atoms with Crippen molar-refractivity contribution in [3.63, 3.8) is 0 Å². The van der Waals surface area contributed by atoms with Crippen molar-refractivity contribution in [3.05, 3.63) is 39.3 Å². The lowest BCUT2D eigenvalue weighted by atomic mass is 10.1. The maximum Gasteiger partial charge on any atom is 0.180 e. The van der Waals surface area contributed by atoms with Crippen LogP contribution in [-0.4, -0.2) is 15.0 Å². The van der Waals surface area contributed by atoms with Crippen molar-refractivity contribution in [2.24, 2.45) is 5.73 Å². The molecule has 0 atom stereocenters. The summed E-state index contributed by atoms with van der Waals surface area (Å²) in [6.45, 7) is 4.20. The molecule has 0 aliphatic heterocycles. The van der Waals surface area contributed by atoms with E-state index in [4.69, 9.17) is 28.9 Å². The van der Waals surface area contributed by atoms with E-state index in [1.807, 2.05) is 13.8 Å². The third-order valence-electron chi connectivity index (χ3n) is 2.64. The lowest BCUT2D eigenvalue weighted by Crippen LogP contribution is -2.07. The number of nitrogens with zero attached hydrogens (tertiary/aromatic N) is 3. The molecule has 2 aromatic heterocycles. The van der Waals surface area contributed by atoms with Gasteiger partial charge in [0.15, 0.2) is 5.82 Å². The van der Waals surface area contributed by atoms with Gasteiger partial charge in [-0.2, -0.15) is 0 Å². The Morgan fingerprint density at radius 1 is 1.17 bits per heavy atom. The van der Waals surface area contributed by atoms with E-state index in [0.717, 1.165) is 17.0 Å². The van der Waals surface area contributed by atoms with Crippen molar-refractivity contribution in [2.45, 2.75) is 20.4 Å². The molecule has 2 N–H and O–H groups in total. The molecule has 2 aromatic rings. The van der Waals surface area contributed by atoms with Gasteiger partial charge in [-0.25, -0.2) is 15.0 Å². The Morgan fingerprint density at radius 2 is 1.78 bits per heavy atom. The Morgan fingerprint density at radius 3 is 2.28 bits per heavy atom. The Labute approximate surface area is 115 Å². The molecule has 18 heavy (non-hydrogen) atoms. The molecular formula is C12H12Cl2N4. The minimum Gasteiger partial charge on any atom is -0.326 e. The van der Waals surface area contributed by atoms with Gasteiger partial charge in [-0.15, -0.1) is 0 Å². The molecule has 2 heterocycles. The Bertz CT molecular complexity index is 576. The van der Waals surface area contributed by atoms with E-state index in [1.165, 1.54) is 6.20 Å². The van der Waals surface area contributed by atoms with Crippen LogP contribution in [0.25, 0.3) is 11.5 Å². The zero-order valence-electron chi connectivity index (χ0n) is 10.0. The van der Waals surface area contributed by atoms with Crippen molar-refractivity contribution in [1.29, 1.82) is 0 Å². The van der Waals surface area contributed by atoms with Gasteiger partial charge < -0.3 is 5.73 Å². The van der Waals surface area contributed by atoms with Crippen LogP contribution in [0.1, 0.15) is 17.0 Å². The number of rotatable bonds is 2. The second kappa shape index (κ2) is 5.18. The van der Waals surface area contributed by atoms with E-state index in [2.05, 4.69) is 15.0 Å². The monoisotopic (exact) mass is 282 g/mol. The Balaban J connectivity index is 2.58. The molecule has 0 unspecified atom stereocenters. The number of nitrogens with two attached hydrogens (primary N) is 1. The van der Waals surface area contributed by atoms with Crippen molar-refractivity contribution < 1.29 is 0 Å². The van der Waals surface area contributed by atoms with Crippen LogP contribution in [-0.2, 0) is 6.54 Å². The van der Waals surface area contributed by atoms with Crippen LogP contribution >= 0.6 is 23.2 Å². The van der Waals surface area contributed by atoms with Crippen LogP contribution in [0, 0.1) is 13.8 Å². The zero-order valence-corrected chi connectivity index (χ0v) is 11.5. The maximum absolute atomic E-state index is 6.09. The number of pyridine rings is 1. The molecule has 94 valence electrons. The third-order valence-corrected chi connectivity index (χ3v) is 3.14. The smallest absolute Gasteiger partial charge is 0.180 e. The molecule has 4 nitrogen and oxygen atoms in total. The molecule has 0 bridgehead atoms. The van der Waals surface area contributed by atoms with Gasteiger partial charge in [0.2, 0.25) is 0 Å². The Hall–Kier alpha value is -1.23. The van der Waals surface area contributed by atoms with Crippen LogP contribution in [0.5, 0.6) is 0 Å². The van der Waals surface area contributed by atoms with E-state index >= 15 is 0 Å². The average molecular weight is 283 g/mol. The highest BCUT2D eigenvalue weighted by molar-refractivity contribution is 6.35. The summed E-state index contributed by atoms with van der Waals surface area (Å²) < 4.78 is 0. The van der Waals surface area contributed by atoms with Crippen LogP contribution in [0.2, 0.25) is 10.0 Å². The maximum atomic E-state index is 6.09. The molecule has 0 aliphatic rings. The van der Waals surface area contributed by atoms with E-state index in [9.17, 15) is 0 Å². The minimum absolute atomic E-state index is 0.416. The van der Waals surface area contributed by atoms with Crippen LogP contribution in [0.3, 0.4) is 0 Å². The molecular weight excluding hydrogens is 271 g/mol. The van der Waals surface area contributed by atoms with Gasteiger partial charge in [0.25, 0.3) is 0 Å². The van der Waals surface area contributed by atoms with Gasteiger partial charge in [0.1, 0.15) is 5.69 Å². The van der Waals surface area contributed by atoms with Crippen molar-refractivity contribution in [2.75, 3.05) is 0 Å². The lowest BCUT2D eigenvalue weighted by molar-refractivity contribution is 0.935. The molecule has 0 fully saturated rings. The summed E-state index contributed by atoms with van der Waals surface area (Å²) >= 11 is 11.9. The SMILES string of the molecule is Cc1nc(-c2ncc(Cl)cc2Cl)nc(C)c1CN. The van der Waals surface area contributed by atoms with E-state index in [1.54, 1.807) is 6.07 Å². The summed E-state index contributed by atoms with van der Waals surface area (Å²) in [6, 6.07) is 1.62. The average Bonchev–Trinajstić information content (AvgIpc) is 2.28. The van der Waals surface area contributed by atoms with Crippen molar-refractivity contribution in [1.82, 2.24) is 15.0 Å². The first-order valence-corrected chi connectivity index (χ1v) is 6.14. The molecule has 0 aromatic carbocycles. The van der Waals surface area contributed by atoms with E-state index in [0.29, 0.717) is 28.1 Å². The quantitative estimate of drug-likeness (QED) is 0.920. The molecule has 0 saturated carbocycles. The van der Waals surface area contributed by atoms with Crippen LogP contribution < -0.4 is 5.73 Å². The predicted octanol–water partition coefficient (Wildman–Crippen LogP) is 2.92. The first kappa shape index (κ1) is 13.2. The fourth-order valence-electron chi connectivity index (χ4n) is 1.72. The largest absolute Gasteiger partial charge is 0.326 e. The molecule has 0 spiro atoms. The van der Waals surface area contributed by atoms with Gasteiger partial charge in [-0.3, -0.25) is 0 Å². The highest BCUT2D eigenvalue weighted by atomic mass is 35.5. The number of aryl methyl sites for hydroxylation is 2. The normalized spacial score (nSPS) is 10.7. The van der Waals surface area contributed by atoms with E-state index in [-0.39, 0.29) is 0 Å². The predicted molar refractivity (Wildman–Crippen MR) is 72.6 cm³/mol. The molecule has 6 heteroatoms. The molecule has 2 rings (SSSR count). The van der Waals surface area contributed by atoms with Gasteiger partial charge in [0, 0.05) is 29.7 Å². The second-order valence-corrected chi connectivity index (χ2v) is 4.73. The first-order chi connectivity index (χ1) is 8.52. The zero-order chi connectivity index (χ0) is 13.3. The molecule has 0 saturated heterocycles. The first-order valence-electron chi connectivity index (χ1n) is 5.38. The van der Waals surface area contributed by atoms with Gasteiger partial charge in [-0.05, 0) is 19.9 Å². The van der Waals surface area contributed by atoms with Crippen molar-refractivity contribution in [3.8, 4) is 11.5 Å². The topological polar surface area (TPSA) is 64.7 Å². The van der Waals surface area contributed by atoms with Gasteiger partial charge in [-0.1, -0.05) is 23.2 Å². The van der Waals surface area contributed by atoms with E-state index < -0.39 is 0 Å². The fraction of sp³-hybridized carbons (Fsp3) is 0.250. The van der Waals surface area contributed by atoms with Crippen molar-refractivity contribution >= 4 is 23.2 Å². The minimum atomic E-state index is 0.416. The molecule has 0 amide bonds. The summed E-state index contributed by atoms with van der Waals surface area (Å²) in [6.07, 6.45) is 1.52. The van der Waals surface area contributed by atoms with Gasteiger partial charge in [0.05, 0.1) is 10.0 Å². The summed E-state index contributed by atoms with van der Waals surface area (Å²) in [7, 11) is 0. The number of hydrogen-bond acceptors (Lipinski definition) is 4.